The molecule has 10 heavy (non-hydrogen) atoms. The van der Waals surface area contributed by atoms with Crippen LogP contribution in [-0.4, -0.2) is 5.25 Å². The van der Waals surface area contributed by atoms with Crippen molar-refractivity contribution in [2.24, 2.45) is 0 Å². The molecule has 0 saturated heterocycles. The standard InChI is InChI=1S/C9H12S/c1-8(10)7-9-5-3-2-4-6-9/h2-6,8,10H,7H2,1H3/t8-/m0/s1. The van der Waals surface area contributed by atoms with Gasteiger partial charge in [-0.2, -0.15) is 12.6 Å². The van der Waals surface area contributed by atoms with Gasteiger partial charge in [-0.05, 0) is 12.0 Å². The van der Waals surface area contributed by atoms with E-state index in [1.165, 1.54) is 5.56 Å². The lowest BCUT2D eigenvalue weighted by atomic mass is 10.1. The molecule has 0 nitrogen and oxygen atoms in total. The summed E-state index contributed by atoms with van der Waals surface area (Å²) in [5.74, 6) is 0. The summed E-state index contributed by atoms with van der Waals surface area (Å²) >= 11 is 4.31. The maximum Gasteiger partial charge on any atom is 0.00288 e. The fourth-order valence-electron chi connectivity index (χ4n) is 0.955. The molecule has 0 aliphatic rings. The van der Waals surface area contributed by atoms with E-state index < -0.39 is 0 Å². The molecule has 0 spiro atoms. The number of rotatable bonds is 2. The first-order valence-electron chi connectivity index (χ1n) is 3.51. The van der Waals surface area contributed by atoms with Crippen LogP contribution in [0.1, 0.15) is 12.5 Å². The Hall–Kier alpha value is -0.430. The van der Waals surface area contributed by atoms with E-state index in [4.69, 9.17) is 0 Å². The molecule has 0 aliphatic heterocycles. The molecule has 1 rings (SSSR count). The third-order valence-corrected chi connectivity index (χ3v) is 1.56. The van der Waals surface area contributed by atoms with Gasteiger partial charge >= 0.3 is 0 Å². The first kappa shape index (κ1) is 7.67. The van der Waals surface area contributed by atoms with Gasteiger partial charge in [-0.25, -0.2) is 0 Å². The van der Waals surface area contributed by atoms with E-state index in [2.05, 4.69) is 43.8 Å². The largest absolute Gasteiger partial charge is 0.176 e. The molecular formula is C9H12S. The molecule has 0 saturated carbocycles. The van der Waals surface area contributed by atoms with E-state index in [9.17, 15) is 0 Å². The van der Waals surface area contributed by atoms with Gasteiger partial charge in [0.15, 0.2) is 0 Å². The van der Waals surface area contributed by atoms with Crippen LogP contribution in [0.5, 0.6) is 0 Å². The van der Waals surface area contributed by atoms with Gasteiger partial charge in [0.1, 0.15) is 0 Å². The van der Waals surface area contributed by atoms with Crippen LogP contribution in [0.15, 0.2) is 30.3 Å². The van der Waals surface area contributed by atoms with Crippen molar-refractivity contribution in [3.8, 4) is 0 Å². The Bertz CT molecular complexity index is 179. The fourth-order valence-corrected chi connectivity index (χ4v) is 1.17. The summed E-state index contributed by atoms with van der Waals surface area (Å²) in [5, 5.41) is 0.461. The first-order chi connectivity index (χ1) is 4.79. The molecule has 0 aliphatic carbocycles. The van der Waals surface area contributed by atoms with Gasteiger partial charge in [-0.1, -0.05) is 37.3 Å². The zero-order valence-electron chi connectivity index (χ0n) is 6.12. The monoisotopic (exact) mass is 152 g/mol. The lowest BCUT2D eigenvalue weighted by Gasteiger charge is -2.01. The summed E-state index contributed by atoms with van der Waals surface area (Å²) in [4.78, 5) is 0. The second kappa shape index (κ2) is 3.67. The Labute approximate surface area is 67.7 Å². The minimum absolute atomic E-state index is 0.461. The van der Waals surface area contributed by atoms with Crippen molar-refractivity contribution in [2.45, 2.75) is 18.6 Å². The van der Waals surface area contributed by atoms with Crippen molar-refractivity contribution in [1.29, 1.82) is 0 Å². The van der Waals surface area contributed by atoms with E-state index in [1.807, 2.05) is 6.07 Å². The minimum atomic E-state index is 0.461. The fraction of sp³-hybridized carbons (Fsp3) is 0.333. The summed E-state index contributed by atoms with van der Waals surface area (Å²) in [6, 6.07) is 10.4. The molecule has 1 aromatic rings. The topological polar surface area (TPSA) is 0 Å². The Morgan fingerprint density at radius 2 is 1.90 bits per heavy atom. The number of benzene rings is 1. The van der Waals surface area contributed by atoms with Gasteiger partial charge in [0.2, 0.25) is 0 Å². The lowest BCUT2D eigenvalue weighted by Crippen LogP contribution is -1.95. The van der Waals surface area contributed by atoms with Gasteiger partial charge in [-0.15, -0.1) is 0 Å². The molecule has 0 heterocycles. The summed E-state index contributed by atoms with van der Waals surface area (Å²) in [6.07, 6.45) is 1.06. The average molecular weight is 152 g/mol. The Kier molecular flexibility index (Phi) is 2.82. The van der Waals surface area contributed by atoms with Gasteiger partial charge in [0.25, 0.3) is 0 Å². The lowest BCUT2D eigenvalue weighted by molar-refractivity contribution is 0.951. The van der Waals surface area contributed by atoms with Crippen LogP contribution in [0.4, 0.5) is 0 Å². The van der Waals surface area contributed by atoms with Crippen LogP contribution in [0, 0.1) is 0 Å². The van der Waals surface area contributed by atoms with Crippen LogP contribution in [-0.2, 0) is 6.42 Å². The average Bonchev–Trinajstić information content (AvgIpc) is 1.88. The van der Waals surface area contributed by atoms with Crippen molar-refractivity contribution in [3.05, 3.63) is 35.9 Å². The third-order valence-electron chi connectivity index (χ3n) is 1.37. The first-order valence-corrected chi connectivity index (χ1v) is 4.02. The highest BCUT2D eigenvalue weighted by Crippen LogP contribution is 2.05. The summed E-state index contributed by atoms with van der Waals surface area (Å²) in [6.45, 7) is 2.11. The third kappa shape index (κ3) is 2.44. The van der Waals surface area contributed by atoms with Crippen molar-refractivity contribution >= 4 is 12.6 Å². The zero-order chi connectivity index (χ0) is 7.40. The molecule has 0 radical (unpaired) electrons. The molecule has 0 unspecified atom stereocenters. The molecular weight excluding hydrogens is 140 g/mol. The molecule has 1 heteroatoms. The minimum Gasteiger partial charge on any atom is -0.176 e. The van der Waals surface area contributed by atoms with E-state index in [0.29, 0.717) is 5.25 Å². The normalized spacial score (nSPS) is 13.0. The second-order valence-corrected chi connectivity index (χ2v) is 3.42. The number of thiol groups is 1. The quantitative estimate of drug-likeness (QED) is 0.619. The predicted molar refractivity (Wildman–Crippen MR) is 48.6 cm³/mol. The highest BCUT2D eigenvalue weighted by molar-refractivity contribution is 7.80. The Balaban J connectivity index is 2.59. The van der Waals surface area contributed by atoms with Crippen LogP contribution >= 0.6 is 12.6 Å². The van der Waals surface area contributed by atoms with Crippen LogP contribution < -0.4 is 0 Å². The molecule has 0 bridgehead atoms. The molecule has 0 fully saturated rings. The summed E-state index contributed by atoms with van der Waals surface area (Å²) in [7, 11) is 0. The molecule has 0 aromatic heterocycles. The van der Waals surface area contributed by atoms with E-state index in [1.54, 1.807) is 0 Å². The highest BCUT2D eigenvalue weighted by atomic mass is 32.1. The maximum absolute atomic E-state index is 4.31. The van der Waals surface area contributed by atoms with Crippen molar-refractivity contribution in [2.75, 3.05) is 0 Å². The number of hydrogen-bond donors (Lipinski definition) is 1. The van der Waals surface area contributed by atoms with Crippen molar-refractivity contribution < 1.29 is 0 Å². The van der Waals surface area contributed by atoms with E-state index in [-0.39, 0.29) is 0 Å². The van der Waals surface area contributed by atoms with Gasteiger partial charge < -0.3 is 0 Å². The van der Waals surface area contributed by atoms with Crippen molar-refractivity contribution in [3.63, 3.8) is 0 Å². The van der Waals surface area contributed by atoms with Crippen molar-refractivity contribution in [1.82, 2.24) is 0 Å². The Morgan fingerprint density at radius 1 is 1.30 bits per heavy atom. The van der Waals surface area contributed by atoms with Gasteiger partial charge in [0.05, 0.1) is 0 Å². The molecule has 54 valence electrons. The van der Waals surface area contributed by atoms with Gasteiger partial charge in [-0.3, -0.25) is 0 Å². The smallest absolute Gasteiger partial charge is 0.00288 e. The Morgan fingerprint density at radius 3 is 2.40 bits per heavy atom. The predicted octanol–water partition coefficient (Wildman–Crippen LogP) is 2.55. The van der Waals surface area contributed by atoms with E-state index in [0.717, 1.165) is 6.42 Å². The second-order valence-electron chi connectivity index (χ2n) is 2.54. The molecule has 1 atom stereocenters. The molecule has 1 aromatic carbocycles. The van der Waals surface area contributed by atoms with Crippen LogP contribution in [0.3, 0.4) is 0 Å². The maximum atomic E-state index is 4.31. The summed E-state index contributed by atoms with van der Waals surface area (Å²) < 4.78 is 0. The number of hydrogen-bond acceptors (Lipinski definition) is 1. The van der Waals surface area contributed by atoms with E-state index >= 15 is 0 Å². The SMILES string of the molecule is C[C@H](S)Cc1ccccc1. The van der Waals surface area contributed by atoms with Crippen LogP contribution in [0.2, 0.25) is 0 Å². The molecule has 0 amide bonds. The zero-order valence-corrected chi connectivity index (χ0v) is 7.01. The highest BCUT2D eigenvalue weighted by Gasteiger charge is 1.94. The van der Waals surface area contributed by atoms with Gasteiger partial charge in [0, 0.05) is 5.25 Å². The van der Waals surface area contributed by atoms with Crippen LogP contribution in [0.25, 0.3) is 0 Å². The summed E-state index contributed by atoms with van der Waals surface area (Å²) in [5.41, 5.74) is 1.37. The molecule has 0 N–H and O–H groups in total.